The van der Waals surface area contributed by atoms with Crippen molar-refractivity contribution in [3.8, 4) is 0 Å². The molecule has 1 aliphatic rings. The van der Waals surface area contributed by atoms with Crippen molar-refractivity contribution in [2.75, 3.05) is 13.1 Å². The Hall–Kier alpha value is -0.800. The van der Waals surface area contributed by atoms with Crippen LogP contribution in [0.25, 0.3) is 0 Å². The van der Waals surface area contributed by atoms with Crippen molar-refractivity contribution in [1.82, 2.24) is 4.90 Å². The fourth-order valence-electron chi connectivity index (χ4n) is 2.55. The Kier molecular flexibility index (Phi) is 4.24. The maximum Gasteiger partial charge on any atom is 0.118 e. The molecule has 1 aromatic rings. The Morgan fingerprint density at radius 3 is 2.88 bits per heavy atom. The quantitative estimate of drug-likeness (QED) is 0.873. The van der Waals surface area contributed by atoms with Gasteiger partial charge < -0.3 is 9.52 Å². The van der Waals surface area contributed by atoms with Crippen LogP contribution in [-0.2, 0) is 13.0 Å². The number of piperidine rings is 1. The second kappa shape index (κ2) is 5.69. The molecule has 3 heteroatoms. The van der Waals surface area contributed by atoms with E-state index in [0.717, 1.165) is 44.0 Å². The van der Waals surface area contributed by atoms with Crippen molar-refractivity contribution in [3.05, 3.63) is 23.7 Å². The molecule has 1 aliphatic heterocycles. The third-order valence-corrected chi connectivity index (χ3v) is 3.67. The molecule has 1 fully saturated rings. The lowest BCUT2D eigenvalue weighted by atomic mass is 9.93. The van der Waals surface area contributed by atoms with Gasteiger partial charge in [-0.2, -0.15) is 0 Å². The van der Waals surface area contributed by atoms with Crippen molar-refractivity contribution in [3.63, 3.8) is 0 Å². The van der Waals surface area contributed by atoms with Crippen LogP contribution < -0.4 is 0 Å². The molecule has 2 rings (SSSR count). The summed E-state index contributed by atoms with van der Waals surface area (Å²) < 4.78 is 5.73. The lowest BCUT2D eigenvalue weighted by molar-refractivity contribution is 0.0571. The topological polar surface area (TPSA) is 36.6 Å². The van der Waals surface area contributed by atoms with Gasteiger partial charge in [-0.25, -0.2) is 0 Å². The number of hydrogen-bond acceptors (Lipinski definition) is 3. The maximum absolute atomic E-state index is 9.65. The first-order valence-electron chi connectivity index (χ1n) is 6.67. The molecule has 3 nitrogen and oxygen atoms in total. The third-order valence-electron chi connectivity index (χ3n) is 3.67. The van der Waals surface area contributed by atoms with Gasteiger partial charge in [0.05, 0.1) is 12.6 Å². The normalized spacial score (nSPS) is 23.8. The largest absolute Gasteiger partial charge is 0.465 e. The highest BCUT2D eigenvalue weighted by molar-refractivity contribution is 5.07. The van der Waals surface area contributed by atoms with Gasteiger partial charge in [0, 0.05) is 13.0 Å². The lowest BCUT2D eigenvalue weighted by Gasteiger charge is -2.33. The van der Waals surface area contributed by atoms with Crippen LogP contribution >= 0.6 is 0 Å². The van der Waals surface area contributed by atoms with Gasteiger partial charge in [0.1, 0.15) is 11.5 Å². The predicted octanol–water partition coefficient (Wildman–Crippen LogP) is 2.43. The fourth-order valence-corrected chi connectivity index (χ4v) is 2.55. The summed E-state index contributed by atoms with van der Waals surface area (Å²) in [6.07, 6.45) is 3.08. The third kappa shape index (κ3) is 3.33. The molecule has 0 bridgehead atoms. The predicted molar refractivity (Wildman–Crippen MR) is 67.8 cm³/mol. The molecule has 0 saturated carbocycles. The number of hydrogen-bond donors (Lipinski definition) is 1. The van der Waals surface area contributed by atoms with Crippen LogP contribution in [0, 0.1) is 5.92 Å². The maximum atomic E-state index is 9.65. The molecule has 2 heterocycles. The van der Waals surface area contributed by atoms with Crippen LogP contribution in [-0.4, -0.2) is 29.2 Å². The van der Waals surface area contributed by atoms with Gasteiger partial charge in [-0.05, 0) is 44.4 Å². The van der Waals surface area contributed by atoms with Gasteiger partial charge in [-0.15, -0.1) is 0 Å². The Labute approximate surface area is 103 Å². The van der Waals surface area contributed by atoms with Crippen LogP contribution in [0.1, 0.15) is 38.2 Å². The van der Waals surface area contributed by atoms with Crippen molar-refractivity contribution in [1.29, 1.82) is 0 Å². The second-order valence-corrected chi connectivity index (χ2v) is 5.10. The second-order valence-electron chi connectivity index (χ2n) is 5.10. The minimum absolute atomic E-state index is 0.194. The average molecular weight is 237 g/mol. The van der Waals surface area contributed by atoms with Gasteiger partial charge in [0.15, 0.2) is 0 Å². The number of likely N-dealkylation sites (tertiary alicyclic amines) is 1. The highest BCUT2D eigenvalue weighted by Gasteiger charge is 2.23. The van der Waals surface area contributed by atoms with Crippen molar-refractivity contribution in [2.24, 2.45) is 5.92 Å². The van der Waals surface area contributed by atoms with Gasteiger partial charge in [0.25, 0.3) is 0 Å². The average Bonchev–Trinajstić information content (AvgIpc) is 2.77. The highest BCUT2D eigenvalue weighted by Crippen LogP contribution is 2.21. The first kappa shape index (κ1) is 12.7. The summed E-state index contributed by atoms with van der Waals surface area (Å²) in [5, 5.41) is 9.65. The first-order chi connectivity index (χ1) is 8.19. The Morgan fingerprint density at radius 2 is 2.24 bits per heavy atom. The number of nitrogens with zero attached hydrogens (tertiary/aromatic N) is 1. The van der Waals surface area contributed by atoms with E-state index in [9.17, 15) is 5.11 Å². The van der Waals surface area contributed by atoms with Crippen molar-refractivity contribution >= 4 is 0 Å². The number of aliphatic hydroxyl groups is 1. The summed E-state index contributed by atoms with van der Waals surface area (Å²) in [5.74, 6) is 2.53. The minimum Gasteiger partial charge on any atom is -0.465 e. The molecule has 17 heavy (non-hydrogen) atoms. The molecule has 0 radical (unpaired) electrons. The van der Waals surface area contributed by atoms with Crippen LogP contribution in [0.2, 0.25) is 0 Å². The molecule has 0 unspecified atom stereocenters. The molecule has 2 atom stereocenters. The Balaban J connectivity index is 1.90. The molecular formula is C14H23NO2. The molecule has 1 aromatic heterocycles. The monoisotopic (exact) mass is 237 g/mol. The SMILES string of the molecule is CCc1ccc(CN2CCC[C@@H]([C@@H](C)O)C2)o1. The summed E-state index contributed by atoms with van der Waals surface area (Å²) in [7, 11) is 0. The van der Waals surface area contributed by atoms with E-state index in [0.29, 0.717) is 5.92 Å². The minimum atomic E-state index is -0.194. The smallest absolute Gasteiger partial charge is 0.118 e. The van der Waals surface area contributed by atoms with E-state index in [1.165, 1.54) is 6.42 Å². The van der Waals surface area contributed by atoms with Crippen LogP contribution in [0.5, 0.6) is 0 Å². The van der Waals surface area contributed by atoms with E-state index in [1.807, 2.05) is 6.92 Å². The lowest BCUT2D eigenvalue weighted by Crippen LogP contribution is -2.38. The number of furan rings is 1. The van der Waals surface area contributed by atoms with Crippen molar-refractivity contribution in [2.45, 2.75) is 45.8 Å². The van der Waals surface area contributed by atoms with E-state index >= 15 is 0 Å². The van der Waals surface area contributed by atoms with Gasteiger partial charge in [-0.3, -0.25) is 4.90 Å². The van der Waals surface area contributed by atoms with Crippen molar-refractivity contribution < 1.29 is 9.52 Å². The zero-order valence-electron chi connectivity index (χ0n) is 10.9. The first-order valence-corrected chi connectivity index (χ1v) is 6.67. The van der Waals surface area contributed by atoms with E-state index < -0.39 is 0 Å². The fraction of sp³-hybridized carbons (Fsp3) is 0.714. The van der Waals surface area contributed by atoms with Crippen LogP contribution in [0.15, 0.2) is 16.5 Å². The number of aryl methyl sites for hydroxylation is 1. The summed E-state index contributed by atoms with van der Waals surface area (Å²) in [5.41, 5.74) is 0. The zero-order chi connectivity index (χ0) is 12.3. The standard InChI is InChI=1S/C14H23NO2/c1-3-13-6-7-14(17-13)10-15-8-4-5-12(9-15)11(2)16/h6-7,11-12,16H,3-5,8-10H2,1-2H3/t11-,12-/m1/s1. The summed E-state index contributed by atoms with van der Waals surface area (Å²) in [6.45, 7) is 6.98. The van der Waals surface area contributed by atoms with E-state index in [2.05, 4.69) is 24.0 Å². The van der Waals surface area contributed by atoms with E-state index in [-0.39, 0.29) is 6.10 Å². The molecular weight excluding hydrogens is 214 g/mol. The zero-order valence-corrected chi connectivity index (χ0v) is 10.9. The summed E-state index contributed by atoms with van der Waals surface area (Å²) in [6, 6.07) is 4.14. The Bertz CT molecular complexity index is 346. The molecule has 1 saturated heterocycles. The number of rotatable bonds is 4. The van der Waals surface area contributed by atoms with E-state index in [4.69, 9.17) is 4.42 Å². The van der Waals surface area contributed by atoms with Gasteiger partial charge in [-0.1, -0.05) is 6.92 Å². The molecule has 0 spiro atoms. The molecule has 1 N–H and O–H groups in total. The Morgan fingerprint density at radius 1 is 1.47 bits per heavy atom. The molecule has 0 amide bonds. The highest BCUT2D eigenvalue weighted by atomic mass is 16.3. The molecule has 0 aromatic carbocycles. The van der Waals surface area contributed by atoms with Gasteiger partial charge >= 0.3 is 0 Å². The molecule has 96 valence electrons. The van der Waals surface area contributed by atoms with Crippen LogP contribution in [0.4, 0.5) is 0 Å². The van der Waals surface area contributed by atoms with Gasteiger partial charge in [0.2, 0.25) is 0 Å². The molecule has 0 aliphatic carbocycles. The summed E-state index contributed by atoms with van der Waals surface area (Å²) >= 11 is 0. The number of aliphatic hydroxyl groups excluding tert-OH is 1. The van der Waals surface area contributed by atoms with Crippen LogP contribution in [0.3, 0.4) is 0 Å². The van der Waals surface area contributed by atoms with E-state index in [1.54, 1.807) is 0 Å². The summed E-state index contributed by atoms with van der Waals surface area (Å²) in [4.78, 5) is 2.39.